The van der Waals surface area contributed by atoms with Gasteiger partial charge in [-0.2, -0.15) is 0 Å². The summed E-state index contributed by atoms with van der Waals surface area (Å²) in [5.74, 6) is 0.377. The molecule has 0 fully saturated rings. The molecule has 1 aromatic rings. The first kappa shape index (κ1) is 34.4. The predicted molar refractivity (Wildman–Crippen MR) is 158 cm³/mol. The average Bonchev–Trinajstić information content (AvgIpc) is 2.84. The quantitative estimate of drug-likeness (QED) is 0.134. The van der Waals surface area contributed by atoms with Crippen LogP contribution in [0.25, 0.3) is 0 Å². The molecule has 0 bridgehead atoms. The van der Waals surface area contributed by atoms with Crippen molar-refractivity contribution in [3.05, 3.63) is 42.5 Å². The van der Waals surface area contributed by atoms with E-state index in [1.807, 2.05) is 38.1 Å². The number of benzene rings is 1. The second-order valence-corrected chi connectivity index (χ2v) is 17.3. The molecule has 0 spiro atoms. The fourth-order valence-electron chi connectivity index (χ4n) is 4.29. The van der Waals surface area contributed by atoms with Gasteiger partial charge < -0.3 is 23.7 Å². The van der Waals surface area contributed by atoms with Gasteiger partial charge in [0.05, 0.1) is 25.7 Å². The summed E-state index contributed by atoms with van der Waals surface area (Å²) < 4.78 is 23.9. The van der Waals surface area contributed by atoms with E-state index in [0.29, 0.717) is 19.6 Å². The molecule has 218 valence electrons. The van der Waals surface area contributed by atoms with Gasteiger partial charge in [-0.3, -0.25) is 4.79 Å². The van der Waals surface area contributed by atoms with Gasteiger partial charge >= 0.3 is 5.97 Å². The van der Waals surface area contributed by atoms with E-state index in [1.165, 1.54) is 6.08 Å². The summed E-state index contributed by atoms with van der Waals surface area (Å²) in [6.45, 7) is 25.6. The normalized spacial score (nSPS) is 18.0. The summed E-state index contributed by atoms with van der Waals surface area (Å²) in [5.41, 5.74) is -0.191. The monoisotopic (exact) mass is 550 g/mol. The predicted octanol–water partition coefficient (Wildman–Crippen LogP) is 7.16. The summed E-state index contributed by atoms with van der Waals surface area (Å²) >= 11 is 0. The van der Waals surface area contributed by atoms with Crippen molar-refractivity contribution in [3.8, 4) is 5.75 Å². The van der Waals surface area contributed by atoms with Crippen molar-refractivity contribution >= 4 is 14.3 Å². The molecule has 0 heterocycles. The lowest BCUT2D eigenvalue weighted by Crippen LogP contribution is -2.50. The number of carbonyl (C=O) groups excluding carboxylic acids is 1. The van der Waals surface area contributed by atoms with E-state index in [-0.39, 0.29) is 28.9 Å². The third-order valence-electron chi connectivity index (χ3n) is 7.96. The topological polar surface area (TPSA) is 74.2 Å². The fraction of sp³-hybridized carbons (Fsp3) is 0.710. The maximum absolute atomic E-state index is 13.4. The molecule has 1 rings (SSSR count). The number of rotatable bonds is 16. The SMILES string of the molecule is C=C[C@](C)(O)[C@@H](CC)OC(=O)[C@H](C)[C@@H](O[Si](C)(C)C(C)(C)C)[C@@H](C)C[C@@H](C)COCc1ccc(OC)cc1. The zero-order valence-corrected chi connectivity index (χ0v) is 26.8. The van der Waals surface area contributed by atoms with Crippen molar-refractivity contribution in [1.82, 2.24) is 0 Å². The molecule has 0 radical (unpaired) electrons. The number of carbonyl (C=O) groups is 1. The van der Waals surface area contributed by atoms with E-state index < -0.39 is 25.9 Å². The Morgan fingerprint density at radius 1 is 1.11 bits per heavy atom. The van der Waals surface area contributed by atoms with Crippen LogP contribution in [0.5, 0.6) is 5.75 Å². The van der Waals surface area contributed by atoms with Gasteiger partial charge in [0.1, 0.15) is 17.5 Å². The van der Waals surface area contributed by atoms with Gasteiger partial charge in [0, 0.05) is 6.61 Å². The molecule has 0 aliphatic carbocycles. The minimum absolute atomic E-state index is 0.000150. The summed E-state index contributed by atoms with van der Waals surface area (Å²) in [6.07, 6.45) is 1.80. The standard InChI is InChI=1S/C31H54O6Si/c1-13-27(31(9,33)14-2)36-29(32)24(5)28(37-38(11,12)30(6,7)8)23(4)19-22(3)20-35-21-25-15-17-26(34-10)18-16-25/h14-18,22-24,27-28,33H,2,13,19-21H2,1,3-12H3/t22-,23+,24-,27-,28+,31+/m1/s1. The molecule has 0 saturated heterocycles. The Balaban J connectivity index is 2.95. The Labute approximate surface area is 233 Å². The van der Waals surface area contributed by atoms with Crippen molar-refractivity contribution in [1.29, 1.82) is 0 Å². The third kappa shape index (κ3) is 10.1. The molecule has 0 aromatic heterocycles. The van der Waals surface area contributed by atoms with E-state index >= 15 is 0 Å². The van der Waals surface area contributed by atoms with Crippen molar-refractivity contribution in [3.63, 3.8) is 0 Å². The first-order valence-electron chi connectivity index (χ1n) is 13.9. The van der Waals surface area contributed by atoms with Crippen LogP contribution in [0.15, 0.2) is 36.9 Å². The summed E-state index contributed by atoms with van der Waals surface area (Å²) in [5, 5.41) is 10.6. The lowest BCUT2D eigenvalue weighted by Gasteiger charge is -2.43. The minimum Gasteiger partial charge on any atom is -0.497 e. The van der Waals surface area contributed by atoms with Crippen LogP contribution in [0.4, 0.5) is 0 Å². The van der Waals surface area contributed by atoms with Gasteiger partial charge in [-0.05, 0) is 74.4 Å². The highest BCUT2D eigenvalue weighted by molar-refractivity contribution is 6.74. The smallest absolute Gasteiger partial charge is 0.311 e. The first-order chi connectivity index (χ1) is 17.5. The second-order valence-electron chi connectivity index (χ2n) is 12.6. The lowest BCUT2D eigenvalue weighted by atomic mass is 9.87. The molecule has 6 atom stereocenters. The Bertz CT molecular complexity index is 858. The van der Waals surface area contributed by atoms with Crippen LogP contribution >= 0.6 is 0 Å². The molecule has 0 aliphatic rings. The summed E-state index contributed by atoms with van der Waals surface area (Å²) in [7, 11) is -0.518. The molecular formula is C31H54O6Si. The van der Waals surface area contributed by atoms with Crippen LogP contribution < -0.4 is 4.74 Å². The Kier molecular flexibility index (Phi) is 13.2. The molecule has 0 aliphatic heterocycles. The van der Waals surface area contributed by atoms with Crippen LogP contribution in [0.1, 0.15) is 73.8 Å². The Morgan fingerprint density at radius 2 is 1.68 bits per heavy atom. The van der Waals surface area contributed by atoms with Crippen molar-refractivity contribution < 1.29 is 28.5 Å². The maximum Gasteiger partial charge on any atom is 0.311 e. The largest absolute Gasteiger partial charge is 0.497 e. The van der Waals surface area contributed by atoms with E-state index in [2.05, 4.69) is 54.3 Å². The summed E-state index contributed by atoms with van der Waals surface area (Å²) in [4.78, 5) is 13.4. The fourth-order valence-corrected chi connectivity index (χ4v) is 5.76. The lowest BCUT2D eigenvalue weighted by molar-refractivity contribution is -0.168. The highest BCUT2D eigenvalue weighted by Gasteiger charge is 2.44. The van der Waals surface area contributed by atoms with Crippen molar-refractivity contribution in [2.24, 2.45) is 17.8 Å². The number of hydrogen-bond acceptors (Lipinski definition) is 6. The molecule has 6 nitrogen and oxygen atoms in total. The molecule has 7 heteroatoms. The number of esters is 1. The molecular weight excluding hydrogens is 496 g/mol. The Hall–Kier alpha value is -1.67. The number of ether oxygens (including phenoxy) is 3. The molecule has 1 N–H and O–H groups in total. The highest BCUT2D eigenvalue weighted by Crippen LogP contribution is 2.40. The van der Waals surface area contributed by atoms with Gasteiger partial charge in [0.25, 0.3) is 0 Å². The first-order valence-corrected chi connectivity index (χ1v) is 16.8. The number of hydrogen-bond donors (Lipinski definition) is 1. The van der Waals surface area contributed by atoms with E-state index in [9.17, 15) is 9.90 Å². The van der Waals surface area contributed by atoms with Crippen LogP contribution in [0.2, 0.25) is 18.1 Å². The van der Waals surface area contributed by atoms with Gasteiger partial charge in [-0.1, -0.05) is 59.8 Å². The van der Waals surface area contributed by atoms with E-state index in [4.69, 9.17) is 18.6 Å². The molecule has 0 amide bonds. The number of aliphatic hydroxyl groups is 1. The van der Waals surface area contributed by atoms with Crippen LogP contribution in [0.3, 0.4) is 0 Å². The van der Waals surface area contributed by atoms with Gasteiger partial charge in [0.2, 0.25) is 0 Å². The zero-order valence-electron chi connectivity index (χ0n) is 25.8. The van der Waals surface area contributed by atoms with Crippen molar-refractivity contribution in [2.75, 3.05) is 13.7 Å². The van der Waals surface area contributed by atoms with Gasteiger partial charge in [-0.25, -0.2) is 0 Å². The molecule has 0 unspecified atom stereocenters. The zero-order chi connectivity index (χ0) is 29.3. The van der Waals surface area contributed by atoms with Gasteiger partial charge in [-0.15, -0.1) is 6.58 Å². The van der Waals surface area contributed by atoms with Gasteiger partial charge in [0.15, 0.2) is 8.32 Å². The van der Waals surface area contributed by atoms with E-state index in [0.717, 1.165) is 17.7 Å². The molecule has 1 aromatic carbocycles. The van der Waals surface area contributed by atoms with Crippen molar-refractivity contribution in [2.45, 2.75) is 111 Å². The maximum atomic E-state index is 13.4. The molecule has 0 saturated carbocycles. The molecule has 38 heavy (non-hydrogen) atoms. The second kappa shape index (κ2) is 14.6. The van der Waals surface area contributed by atoms with E-state index in [1.54, 1.807) is 14.0 Å². The van der Waals surface area contributed by atoms with Crippen LogP contribution in [-0.2, 0) is 25.3 Å². The minimum atomic E-state index is -2.17. The van der Waals surface area contributed by atoms with Crippen LogP contribution in [-0.4, -0.2) is 50.9 Å². The third-order valence-corrected chi connectivity index (χ3v) is 12.4. The Morgan fingerprint density at radius 3 is 2.16 bits per heavy atom. The highest BCUT2D eigenvalue weighted by atomic mass is 28.4. The van der Waals surface area contributed by atoms with Crippen LogP contribution in [0, 0.1) is 17.8 Å². The summed E-state index contributed by atoms with van der Waals surface area (Å²) in [6, 6.07) is 7.89. The number of methoxy groups -OCH3 is 1. The average molecular weight is 551 g/mol.